The molecule has 0 spiro atoms. The van der Waals surface area contributed by atoms with Crippen LogP contribution in [0.2, 0.25) is 0 Å². The number of non-ortho nitro benzene ring substituents is 1. The van der Waals surface area contributed by atoms with Crippen LogP contribution in [0.4, 0.5) is 11.4 Å². The maximum absolute atomic E-state index is 11.8. The molecule has 0 aliphatic heterocycles. The van der Waals surface area contributed by atoms with Gasteiger partial charge in [0.05, 0.1) is 11.5 Å². The third-order valence-corrected chi connectivity index (χ3v) is 3.75. The van der Waals surface area contributed by atoms with Gasteiger partial charge in [-0.2, -0.15) is 0 Å². The van der Waals surface area contributed by atoms with E-state index in [9.17, 15) is 19.7 Å². The summed E-state index contributed by atoms with van der Waals surface area (Å²) in [6, 6.07) is 7.71. The van der Waals surface area contributed by atoms with Crippen LogP contribution >= 0.6 is 11.3 Å². The van der Waals surface area contributed by atoms with E-state index in [1.807, 2.05) is 17.5 Å². The molecule has 7 nitrogen and oxygen atoms in total. The highest BCUT2D eigenvalue weighted by atomic mass is 32.1. The Morgan fingerprint density at radius 2 is 2.05 bits per heavy atom. The standard InChI is InChI=1S/C14H13N3O4S/c1-9-7-10(17(20)21)4-5-12(9)16-14(19)13(18)15-8-11-3-2-6-22-11/h2-7H,8H2,1H3,(H,15,18)(H,16,19). The average molecular weight is 319 g/mol. The molecule has 0 saturated carbocycles. The van der Waals surface area contributed by atoms with Gasteiger partial charge in [-0.15, -0.1) is 11.3 Å². The molecule has 2 N–H and O–H groups in total. The van der Waals surface area contributed by atoms with Gasteiger partial charge >= 0.3 is 11.8 Å². The number of hydrogen-bond acceptors (Lipinski definition) is 5. The van der Waals surface area contributed by atoms with Crippen molar-refractivity contribution in [3.05, 3.63) is 56.3 Å². The molecule has 2 aromatic rings. The monoisotopic (exact) mass is 319 g/mol. The number of carbonyl (C=O) groups excluding carboxylic acids is 2. The van der Waals surface area contributed by atoms with E-state index in [2.05, 4.69) is 10.6 Å². The molecule has 0 radical (unpaired) electrons. The molecular formula is C14H13N3O4S. The molecule has 2 amide bonds. The fraction of sp³-hybridized carbons (Fsp3) is 0.143. The number of nitrogens with zero attached hydrogens (tertiary/aromatic N) is 1. The molecule has 0 aliphatic carbocycles. The Morgan fingerprint density at radius 3 is 2.64 bits per heavy atom. The Morgan fingerprint density at radius 1 is 1.27 bits per heavy atom. The number of carbonyl (C=O) groups is 2. The van der Waals surface area contributed by atoms with E-state index in [-0.39, 0.29) is 12.2 Å². The normalized spacial score (nSPS) is 10.0. The van der Waals surface area contributed by atoms with Gasteiger partial charge in [0.15, 0.2) is 0 Å². The van der Waals surface area contributed by atoms with E-state index in [1.165, 1.54) is 29.5 Å². The Bertz CT molecular complexity index is 713. The Hall–Kier alpha value is -2.74. The van der Waals surface area contributed by atoms with Gasteiger partial charge in [0.25, 0.3) is 5.69 Å². The first-order chi connectivity index (χ1) is 10.5. The molecule has 2 rings (SSSR count). The summed E-state index contributed by atoms with van der Waals surface area (Å²) >= 11 is 1.48. The van der Waals surface area contributed by atoms with Crippen molar-refractivity contribution in [3.8, 4) is 0 Å². The van der Waals surface area contributed by atoms with Gasteiger partial charge < -0.3 is 10.6 Å². The lowest BCUT2D eigenvalue weighted by Crippen LogP contribution is -2.34. The van der Waals surface area contributed by atoms with Crippen molar-refractivity contribution in [3.63, 3.8) is 0 Å². The molecule has 0 unspecified atom stereocenters. The van der Waals surface area contributed by atoms with Crippen molar-refractivity contribution in [2.75, 3.05) is 5.32 Å². The van der Waals surface area contributed by atoms with Gasteiger partial charge in [-0.3, -0.25) is 19.7 Å². The third-order valence-electron chi connectivity index (χ3n) is 2.88. The molecule has 1 aromatic carbocycles. The van der Waals surface area contributed by atoms with Crippen molar-refractivity contribution in [2.24, 2.45) is 0 Å². The van der Waals surface area contributed by atoms with Gasteiger partial charge in [-0.05, 0) is 30.0 Å². The largest absolute Gasteiger partial charge is 0.343 e. The fourth-order valence-corrected chi connectivity index (χ4v) is 2.39. The van der Waals surface area contributed by atoms with E-state index in [1.54, 1.807) is 6.92 Å². The minimum absolute atomic E-state index is 0.0716. The number of benzene rings is 1. The molecule has 8 heteroatoms. The average Bonchev–Trinajstić information content (AvgIpc) is 2.99. The molecule has 0 saturated heterocycles. The van der Waals surface area contributed by atoms with E-state index in [0.29, 0.717) is 11.3 Å². The fourth-order valence-electron chi connectivity index (χ4n) is 1.74. The first-order valence-electron chi connectivity index (χ1n) is 6.34. The zero-order chi connectivity index (χ0) is 16.1. The van der Waals surface area contributed by atoms with E-state index >= 15 is 0 Å². The maximum atomic E-state index is 11.8. The molecular weight excluding hydrogens is 306 g/mol. The highest BCUT2D eigenvalue weighted by molar-refractivity contribution is 7.09. The summed E-state index contributed by atoms with van der Waals surface area (Å²) in [6.45, 7) is 1.90. The Kier molecular flexibility index (Phi) is 4.84. The van der Waals surface area contributed by atoms with Crippen molar-refractivity contribution in [1.82, 2.24) is 5.32 Å². The molecule has 0 aliphatic rings. The first kappa shape index (κ1) is 15.6. The number of rotatable bonds is 4. The minimum atomic E-state index is -0.812. The van der Waals surface area contributed by atoms with Crippen molar-refractivity contribution >= 4 is 34.5 Å². The Labute approximate surface area is 130 Å². The Balaban J connectivity index is 1.96. The zero-order valence-corrected chi connectivity index (χ0v) is 12.5. The SMILES string of the molecule is Cc1cc([N+](=O)[O-])ccc1NC(=O)C(=O)NCc1cccs1. The van der Waals surface area contributed by atoms with E-state index in [0.717, 1.165) is 4.88 Å². The van der Waals surface area contributed by atoms with Crippen LogP contribution in [0.15, 0.2) is 35.7 Å². The maximum Gasteiger partial charge on any atom is 0.313 e. The molecule has 1 heterocycles. The lowest BCUT2D eigenvalue weighted by Gasteiger charge is -2.08. The summed E-state index contributed by atoms with van der Waals surface area (Å²) in [7, 11) is 0. The van der Waals surface area contributed by atoms with Crippen LogP contribution < -0.4 is 10.6 Å². The summed E-state index contributed by atoms with van der Waals surface area (Å²) in [5, 5.41) is 17.5. The summed E-state index contributed by atoms with van der Waals surface area (Å²) in [5.41, 5.74) is 0.799. The number of nitro groups is 1. The van der Waals surface area contributed by atoms with E-state index < -0.39 is 16.7 Å². The second-order valence-corrected chi connectivity index (χ2v) is 5.50. The van der Waals surface area contributed by atoms with Crippen molar-refractivity contribution < 1.29 is 14.5 Å². The number of aryl methyl sites for hydroxylation is 1. The lowest BCUT2D eigenvalue weighted by molar-refractivity contribution is -0.384. The topological polar surface area (TPSA) is 101 Å². The number of nitro benzene ring substituents is 1. The van der Waals surface area contributed by atoms with Gasteiger partial charge in [0, 0.05) is 22.7 Å². The smallest absolute Gasteiger partial charge is 0.313 e. The first-order valence-corrected chi connectivity index (χ1v) is 7.22. The molecule has 22 heavy (non-hydrogen) atoms. The molecule has 0 atom stereocenters. The van der Waals surface area contributed by atoms with Gasteiger partial charge in [-0.25, -0.2) is 0 Å². The second kappa shape index (κ2) is 6.81. The van der Waals surface area contributed by atoms with E-state index in [4.69, 9.17) is 0 Å². The van der Waals surface area contributed by atoms with Gasteiger partial charge in [0.1, 0.15) is 0 Å². The highest BCUT2D eigenvalue weighted by Gasteiger charge is 2.16. The minimum Gasteiger partial charge on any atom is -0.343 e. The summed E-state index contributed by atoms with van der Waals surface area (Å²) in [4.78, 5) is 34.6. The summed E-state index contributed by atoms with van der Waals surface area (Å²) in [6.07, 6.45) is 0. The predicted octanol–water partition coefficient (Wildman–Crippen LogP) is 2.22. The van der Waals surface area contributed by atoms with Gasteiger partial charge in [0.2, 0.25) is 0 Å². The molecule has 1 aromatic heterocycles. The molecule has 0 fully saturated rings. The number of anilines is 1. The molecule has 0 bridgehead atoms. The number of nitrogens with one attached hydrogen (secondary N) is 2. The second-order valence-electron chi connectivity index (χ2n) is 4.47. The highest BCUT2D eigenvalue weighted by Crippen LogP contribution is 2.21. The van der Waals surface area contributed by atoms with Crippen LogP contribution in [0, 0.1) is 17.0 Å². The van der Waals surface area contributed by atoms with Crippen molar-refractivity contribution in [1.29, 1.82) is 0 Å². The van der Waals surface area contributed by atoms with Crippen LogP contribution in [-0.4, -0.2) is 16.7 Å². The molecule has 114 valence electrons. The van der Waals surface area contributed by atoms with Crippen LogP contribution in [0.1, 0.15) is 10.4 Å². The third kappa shape index (κ3) is 3.89. The number of hydrogen-bond donors (Lipinski definition) is 2. The summed E-state index contributed by atoms with van der Waals surface area (Å²) < 4.78 is 0. The van der Waals surface area contributed by atoms with Gasteiger partial charge in [-0.1, -0.05) is 6.07 Å². The van der Waals surface area contributed by atoms with Crippen LogP contribution in [0.3, 0.4) is 0 Å². The van der Waals surface area contributed by atoms with Crippen molar-refractivity contribution in [2.45, 2.75) is 13.5 Å². The lowest BCUT2D eigenvalue weighted by atomic mass is 10.2. The zero-order valence-electron chi connectivity index (χ0n) is 11.7. The quantitative estimate of drug-likeness (QED) is 0.512. The number of thiophene rings is 1. The van der Waals surface area contributed by atoms with Crippen LogP contribution in [0.5, 0.6) is 0 Å². The van der Waals surface area contributed by atoms with Crippen LogP contribution in [-0.2, 0) is 16.1 Å². The summed E-state index contributed by atoms with van der Waals surface area (Å²) in [5.74, 6) is -1.57. The van der Waals surface area contributed by atoms with Crippen LogP contribution in [0.25, 0.3) is 0 Å². The predicted molar refractivity (Wildman–Crippen MR) is 82.6 cm³/mol. The number of amides is 2.